The van der Waals surface area contributed by atoms with Crippen LogP contribution < -0.4 is 0 Å². The second-order valence-electron chi connectivity index (χ2n) is 6.52. The zero-order chi connectivity index (χ0) is 15.8. The summed E-state index contributed by atoms with van der Waals surface area (Å²) < 4.78 is 5.44. The number of rotatable bonds is 3. The largest absolute Gasteiger partial charge is 0.475 e. The maximum atomic E-state index is 11.2. The lowest BCUT2D eigenvalue weighted by Crippen LogP contribution is -2.10. The van der Waals surface area contributed by atoms with Crippen LogP contribution in [0.15, 0.2) is 28.7 Å². The molecule has 0 amide bonds. The van der Waals surface area contributed by atoms with Crippen molar-refractivity contribution in [1.29, 1.82) is 0 Å². The SMILES string of the molecule is CC(C)c1nc(-c2ccc(C(C)(C)C)cc2)oc1C(=O)O. The van der Waals surface area contributed by atoms with E-state index in [2.05, 4.69) is 25.8 Å². The molecule has 21 heavy (non-hydrogen) atoms. The van der Waals surface area contributed by atoms with Gasteiger partial charge in [-0.3, -0.25) is 0 Å². The first kappa shape index (κ1) is 15.3. The molecule has 1 aromatic heterocycles. The summed E-state index contributed by atoms with van der Waals surface area (Å²) in [4.78, 5) is 15.6. The van der Waals surface area contributed by atoms with Gasteiger partial charge in [0.2, 0.25) is 11.7 Å². The maximum absolute atomic E-state index is 11.2. The van der Waals surface area contributed by atoms with Crippen molar-refractivity contribution in [3.05, 3.63) is 41.3 Å². The van der Waals surface area contributed by atoms with Gasteiger partial charge in [0.1, 0.15) is 0 Å². The molecule has 0 radical (unpaired) electrons. The highest BCUT2D eigenvalue weighted by Crippen LogP contribution is 2.29. The standard InChI is InChI=1S/C17H21NO3/c1-10(2)13-14(16(19)20)21-15(18-13)11-6-8-12(9-7-11)17(3,4)5/h6-10H,1-5H3,(H,19,20). The van der Waals surface area contributed by atoms with E-state index >= 15 is 0 Å². The molecule has 112 valence electrons. The Balaban J connectivity index is 2.43. The molecule has 4 nitrogen and oxygen atoms in total. The van der Waals surface area contributed by atoms with Crippen LogP contribution in [0.4, 0.5) is 0 Å². The monoisotopic (exact) mass is 287 g/mol. The van der Waals surface area contributed by atoms with Crippen LogP contribution in [0.1, 0.15) is 62.3 Å². The van der Waals surface area contributed by atoms with E-state index in [1.54, 1.807) is 0 Å². The van der Waals surface area contributed by atoms with Gasteiger partial charge in [0.15, 0.2) is 0 Å². The van der Waals surface area contributed by atoms with Gasteiger partial charge in [-0.2, -0.15) is 0 Å². The van der Waals surface area contributed by atoms with Gasteiger partial charge in [-0.1, -0.05) is 46.8 Å². The third-order valence-corrected chi connectivity index (χ3v) is 3.39. The summed E-state index contributed by atoms with van der Waals surface area (Å²) >= 11 is 0. The molecule has 0 atom stereocenters. The van der Waals surface area contributed by atoms with Crippen molar-refractivity contribution in [3.8, 4) is 11.5 Å². The summed E-state index contributed by atoms with van der Waals surface area (Å²) in [5.74, 6) is -0.789. The number of carboxylic acid groups (broad SMARTS) is 1. The molecule has 0 saturated heterocycles. The molecule has 0 bridgehead atoms. The Labute approximate surface area is 124 Å². The van der Waals surface area contributed by atoms with Gasteiger partial charge in [0.25, 0.3) is 0 Å². The lowest BCUT2D eigenvalue weighted by atomic mass is 9.87. The summed E-state index contributed by atoms with van der Waals surface area (Å²) in [6.45, 7) is 10.2. The molecule has 1 aromatic carbocycles. The predicted molar refractivity (Wildman–Crippen MR) is 81.7 cm³/mol. The molecule has 2 rings (SSSR count). The Bertz CT molecular complexity index is 646. The molecule has 0 spiro atoms. The molecule has 4 heteroatoms. The van der Waals surface area contributed by atoms with Crippen LogP contribution in [0.25, 0.3) is 11.5 Å². The third-order valence-electron chi connectivity index (χ3n) is 3.39. The third kappa shape index (κ3) is 3.15. The minimum Gasteiger partial charge on any atom is -0.475 e. The second-order valence-corrected chi connectivity index (χ2v) is 6.52. The first-order chi connectivity index (χ1) is 9.70. The van der Waals surface area contributed by atoms with Gasteiger partial charge in [-0.25, -0.2) is 9.78 Å². The summed E-state index contributed by atoms with van der Waals surface area (Å²) in [6.07, 6.45) is 0. The number of oxazole rings is 1. The van der Waals surface area contributed by atoms with Crippen LogP contribution in [0.3, 0.4) is 0 Å². The molecule has 0 fully saturated rings. The van der Waals surface area contributed by atoms with E-state index in [1.165, 1.54) is 5.56 Å². The highest BCUT2D eigenvalue weighted by atomic mass is 16.4. The molecule has 2 aromatic rings. The average Bonchev–Trinajstić information content (AvgIpc) is 2.83. The van der Waals surface area contributed by atoms with E-state index in [1.807, 2.05) is 38.1 Å². The van der Waals surface area contributed by atoms with Crippen molar-refractivity contribution >= 4 is 5.97 Å². The van der Waals surface area contributed by atoms with E-state index in [4.69, 9.17) is 4.42 Å². The van der Waals surface area contributed by atoms with E-state index in [0.717, 1.165) is 5.56 Å². The predicted octanol–water partition coefficient (Wildman–Crippen LogP) is 4.46. The first-order valence-electron chi connectivity index (χ1n) is 7.05. The number of aromatic carboxylic acids is 1. The Morgan fingerprint density at radius 1 is 1.19 bits per heavy atom. The fourth-order valence-electron chi connectivity index (χ4n) is 2.11. The Hall–Kier alpha value is -2.10. The van der Waals surface area contributed by atoms with Crippen LogP contribution in [0, 0.1) is 0 Å². The molecular weight excluding hydrogens is 266 g/mol. The fourth-order valence-corrected chi connectivity index (χ4v) is 2.11. The smallest absolute Gasteiger partial charge is 0.373 e. The number of aromatic nitrogens is 1. The Morgan fingerprint density at radius 2 is 1.76 bits per heavy atom. The number of hydrogen-bond acceptors (Lipinski definition) is 3. The number of benzene rings is 1. The van der Waals surface area contributed by atoms with Crippen LogP contribution in [0.2, 0.25) is 0 Å². The van der Waals surface area contributed by atoms with Gasteiger partial charge in [-0.05, 0) is 29.0 Å². The summed E-state index contributed by atoms with van der Waals surface area (Å²) in [5, 5.41) is 9.19. The number of carboxylic acids is 1. The van der Waals surface area contributed by atoms with Crippen molar-refractivity contribution in [2.24, 2.45) is 0 Å². The molecule has 0 saturated carbocycles. The Morgan fingerprint density at radius 3 is 2.14 bits per heavy atom. The van der Waals surface area contributed by atoms with E-state index in [0.29, 0.717) is 11.6 Å². The van der Waals surface area contributed by atoms with E-state index in [-0.39, 0.29) is 17.1 Å². The fraction of sp³-hybridized carbons (Fsp3) is 0.412. The highest BCUT2D eigenvalue weighted by Gasteiger charge is 2.22. The van der Waals surface area contributed by atoms with Gasteiger partial charge >= 0.3 is 5.97 Å². The van der Waals surface area contributed by atoms with E-state index < -0.39 is 5.97 Å². The quantitative estimate of drug-likeness (QED) is 0.905. The minimum atomic E-state index is -1.08. The molecule has 1 N–H and O–H groups in total. The summed E-state index contributed by atoms with van der Waals surface area (Å²) in [6, 6.07) is 7.88. The van der Waals surface area contributed by atoms with E-state index in [9.17, 15) is 9.90 Å². The first-order valence-corrected chi connectivity index (χ1v) is 7.05. The van der Waals surface area contributed by atoms with Crippen LogP contribution in [0.5, 0.6) is 0 Å². The van der Waals surface area contributed by atoms with Crippen molar-refractivity contribution < 1.29 is 14.3 Å². The lowest BCUT2D eigenvalue weighted by Gasteiger charge is -2.18. The van der Waals surface area contributed by atoms with Gasteiger partial charge in [0, 0.05) is 5.56 Å². The molecule has 0 aliphatic carbocycles. The topological polar surface area (TPSA) is 63.3 Å². The normalized spacial score (nSPS) is 11.9. The number of hydrogen-bond donors (Lipinski definition) is 1. The second kappa shape index (κ2) is 5.35. The van der Waals surface area contributed by atoms with Gasteiger partial charge < -0.3 is 9.52 Å². The van der Waals surface area contributed by atoms with Crippen molar-refractivity contribution in [1.82, 2.24) is 4.98 Å². The number of nitrogens with zero attached hydrogens (tertiary/aromatic N) is 1. The zero-order valence-electron chi connectivity index (χ0n) is 13.1. The minimum absolute atomic E-state index is 0.00227. The zero-order valence-corrected chi connectivity index (χ0v) is 13.1. The molecule has 0 aliphatic heterocycles. The van der Waals surface area contributed by atoms with Crippen molar-refractivity contribution in [2.75, 3.05) is 0 Å². The molecule has 0 aliphatic rings. The summed E-state index contributed by atoms with van der Waals surface area (Å²) in [7, 11) is 0. The van der Waals surface area contributed by atoms with Crippen LogP contribution in [-0.2, 0) is 5.41 Å². The van der Waals surface area contributed by atoms with Gasteiger partial charge in [0.05, 0.1) is 5.69 Å². The maximum Gasteiger partial charge on any atom is 0.373 e. The molecular formula is C17H21NO3. The van der Waals surface area contributed by atoms with Crippen molar-refractivity contribution in [3.63, 3.8) is 0 Å². The Kier molecular flexibility index (Phi) is 3.90. The molecule has 1 heterocycles. The van der Waals surface area contributed by atoms with Crippen LogP contribution in [-0.4, -0.2) is 16.1 Å². The van der Waals surface area contributed by atoms with Crippen molar-refractivity contribution in [2.45, 2.75) is 46.0 Å². The lowest BCUT2D eigenvalue weighted by molar-refractivity contribution is 0.0661. The average molecular weight is 287 g/mol. The van der Waals surface area contributed by atoms with Gasteiger partial charge in [-0.15, -0.1) is 0 Å². The molecule has 0 unspecified atom stereocenters. The highest BCUT2D eigenvalue weighted by molar-refractivity contribution is 5.86. The summed E-state index contributed by atoms with van der Waals surface area (Å²) in [5.41, 5.74) is 2.56. The van der Waals surface area contributed by atoms with Crippen LogP contribution >= 0.6 is 0 Å². The number of carbonyl (C=O) groups is 1.